The predicted octanol–water partition coefficient (Wildman–Crippen LogP) is 2.14. The first-order valence-corrected chi connectivity index (χ1v) is 12.0. The number of benzene rings is 1. The molecule has 0 saturated carbocycles. The summed E-state index contributed by atoms with van der Waals surface area (Å²) in [6.45, 7) is 8.15. The van der Waals surface area contributed by atoms with E-state index in [9.17, 15) is 24.3 Å². The molecule has 2 atom stereocenters. The summed E-state index contributed by atoms with van der Waals surface area (Å²) in [5.74, 6) is -3.41. The Morgan fingerprint density at radius 1 is 1.03 bits per heavy atom. The largest absolute Gasteiger partial charge is 0.507 e. The fraction of sp³-hybridized carbons (Fsp3) is 0.600. The summed E-state index contributed by atoms with van der Waals surface area (Å²) in [6.07, 6.45) is 0.161. The molecule has 0 aliphatic carbocycles. The molecular weight excluding hydrogens is 440 g/mol. The monoisotopic (exact) mass is 474 g/mol. The van der Waals surface area contributed by atoms with Crippen molar-refractivity contribution in [1.82, 2.24) is 4.90 Å². The van der Waals surface area contributed by atoms with E-state index in [1.807, 2.05) is 6.92 Å². The van der Waals surface area contributed by atoms with Crippen LogP contribution in [0.3, 0.4) is 0 Å². The van der Waals surface area contributed by atoms with Gasteiger partial charge in [-0.2, -0.15) is 0 Å². The number of nitrogens with one attached hydrogen (secondary N) is 1. The lowest BCUT2D eigenvalue weighted by atomic mass is 9.94. The van der Waals surface area contributed by atoms with Gasteiger partial charge < -0.3 is 19.9 Å². The van der Waals surface area contributed by atoms with Gasteiger partial charge in [-0.05, 0) is 43.7 Å². The Bertz CT molecular complexity index is 924. The second-order valence-electron chi connectivity index (χ2n) is 9.07. The van der Waals surface area contributed by atoms with E-state index in [2.05, 4.69) is 10.2 Å². The number of carbonyl (C=O) groups is 4. The van der Waals surface area contributed by atoms with Crippen LogP contribution >= 0.6 is 0 Å². The highest BCUT2D eigenvalue weighted by atomic mass is 16.5. The van der Waals surface area contributed by atoms with E-state index >= 15 is 0 Å². The van der Waals surface area contributed by atoms with E-state index in [4.69, 9.17) is 9.47 Å². The van der Waals surface area contributed by atoms with Gasteiger partial charge in [0.15, 0.2) is 0 Å². The highest BCUT2D eigenvalue weighted by Crippen LogP contribution is 2.30. The number of carbonyl (C=O) groups excluding carboxylic acids is 4. The SMILES string of the molecule is C[C@@H]1CCC(=O)C(=O)C(=O)CCCc2cc(NCCN3CCOCC3)cc(O)c2C(=O)O[C@H]1C. The number of fused-ring (bicyclic) bond motifs is 1. The Morgan fingerprint density at radius 2 is 1.74 bits per heavy atom. The number of ketones is 3. The van der Waals surface area contributed by atoms with Gasteiger partial charge in [-0.1, -0.05) is 6.92 Å². The number of hydrogen-bond acceptors (Lipinski definition) is 9. The molecule has 186 valence electrons. The molecule has 0 amide bonds. The van der Waals surface area contributed by atoms with Crippen molar-refractivity contribution in [3.8, 4) is 5.75 Å². The van der Waals surface area contributed by atoms with Crippen LogP contribution in [0.5, 0.6) is 5.75 Å². The summed E-state index contributed by atoms with van der Waals surface area (Å²) >= 11 is 0. The highest BCUT2D eigenvalue weighted by Gasteiger charge is 2.27. The minimum atomic E-state index is -0.962. The minimum Gasteiger partial charge on any atom is -0.507 e. The molecule has 3 rings (SSSR count). The molecule has 2 aliphatic rings. The number of hydrogen-bond donors (Lipinski definition) is 2. The van der Waals surface area contributed by atoms with Gasteiger partial charge in [0, 0.05) is 50.8 Å². The number of nitrogens with zero attached hydrogens (tertiary/aromatic N) is 1. The van der Waals surface area contributed by atoms with E-state index < -0.39 is 29.4 Å². The molecule has 1 fully saturated rings. The lowest BCUT2D eigenvalue weighted by Crippen LogP contribution is -2.39. The number of rotatable bonds is 4. The molecule has 34 heavy (non-hydrogen) atoms. The van der Waals surface area contributed by atoms with Crippen molar-refractivity contribution in [2.45, 2.75) is 52.1 Å². The molecule has 9 heteroatoms. The minimum absolute atomic E-state index is 0.0606. The number of morpholine rings is 1. The van der Waals surface area contributed by atoms with Gasteiger partial charge in [0.1, 0.15) is 17.4 Å². The zero-order valence-electron chi connectivity index (χ0n) is 19.9. The molecule has 0 unspecified atom stereocenters. The van der Waals surface area contributed by atoms with Crippen LogP contribution < -0.4 is 5.32 Å². The van der Waals surface area contributed by atoms with Crippen molar-refractivity contribution in [3.63, 3.8) is 0 Å². The second kappa shape index (κ2) is 12.1. The van der Waals surface area contributed by atoms with E-state index in [-0.39, 0.29) is 42.9 Å². The van der Waals surface area contributed by atoms with Crippen LogP contribution in [0.15, 0.2) is 12.1 Å². The standard InChI is InChI=1S/C25H34N2O7/c1-16-6-7-21(29)24(31)20(28)5-3-4-18-14-19(26-8-9-27-10-12-33-13-11-27)15-22(30)23(18)25(32)34-17(16)2/h14-17,26,30H,3-13H2,1-2H3/t16-,17+/m1/s1. The smallest absolute Gasteiger partial charge is 0.342 e. The van der Waals surface area contributed by atoms with E-state index in [1.54, 1.807) is 13.0 Å². The van der Waals surface area contributed by atoms with Gasteiger partial charge in [0.2, 0.25) is 11.6 Å². The van der Waals surface area contributed by atoms with Crippen LogP contribution in [0.2, 0.25) is 0 Å². The average molecular weight is 475 g/mol. The van der Waals surface area contributed by atoms with Gasteiger partial charge in [0.05, 0.1) is 13.2 Å². The maximum Gasteiger partial charge on any atom is 0.342 e. The van der Waals surface area contributed by atoms with Gasteiger partial charge >= 0.3 is 5.97 Å². The summed E-state index contributed by atoms with van der Waals surface area (Å²) in [4.78, 5) is 51.6. The molecular formula is C25H34N2O7. The van der Waals surface area contributed by atoms with Gasteiger partial charge in [-0.15, -0.1) is 0 Å². The van der Waals surface area contributed by atoms with E-state index in [0.29, 0.717) is 37.4 Å². The first-order valence-electron chi connectivity index (χ1n) is 12.0. The molecule has 2 N–H and O–H groups in total. The Hall–Kier alpha value is -2.78. The molecule has 0 bridgehead atoms. The molecule has 2 heterocycles. The maximum atomic E-state index is 13.0. The molecule has 1 aromatic rings. The summed E-state index contributed by atoms with van der Waals surface area (Å²) < 4.78 is 11.0. The molecule has 0 radical (unpaired) electrons. The first kappa shape index (κ1) is 25.8. The normalized spacial score (nSPS) is 23.7. The van der Waals surface area contributed by atoms with Gasteiger partial charge in [0.25, 0.3) is 5.78 Å². The van der Waals surface area contributed by atoms with Crippen LogP contribution in [0, 0.1) is 5.92 Å². The molecule has 1 aromatic carbocycles. The quantitative estimate of drug-likeness (QED) is 0.499. The third kappa shape index (κ3) is 6.87. The number of aryl methyl sites for hydroxylation is 1. The third-order valence-corrected chi connectivity index (χ3v) is 6.54. The number of Topliss-reactive ketones (excluding diaryl/α,β-unsaturated/α-hetero) is 3. The van der Waals surface area contributed by atoms with Crippen molar-refractivity contribution < 1.29 is 33.8 Å². The summed E-state index contributed by atoms with van der Waals surface area (Å²) in [5, 5.41) is 14.0. The van der Waals surface area contributed by atoms with Crippen molar-refractivity contribution in [1.29, 1.82) is 0 Å². The summed E-state index contributed by atoms with van der Waals surface area (Å²) in [5.41, 5.74) is 1.25. The summed E-state index contributed by atoms with van der Waals surface area (Å²) in [6, 6.07) is 3.27. The van der Waals surface area contributed by atoms with Crippen molar-refractivity contribution in [3.05, 3.63) is 23.3 Å². The number of anilines is 1. The Balaban J connectivity index is 1.79. The zero-order chi connectivity index (χ0) is 24.7. The highest BCUT2D eigenvalue weighted by molar-refractivity contribution is 6.63. The van der Waals surface area contributed by atoms with Crippen molar-refractivity contribution in [2.75, 3.05) is 44.7 Å². The zero-order valence-corrected chi connectivity index (χ0v) is 19.9. The molecule has 1 saturated heterocycles. The van der Waals surface area contributed by atoms with E-state index in [0.717, 1.165) is 19.6 Å². The number of cyclic esters (lactones) is 1. The van der Waals surface area contributed by atoms with Crippen LogP contribution in [-0.2, 0) is 30.3 Å². The number of ether oxygens (including phenoxy) is 2. The van der Waals surface area contributed by atoms with E-state index in [1.165, 1.54) is 6.07 Å². The number of esters is 1. The number of aromatic hydroxyl groups is 1. The predicted molar refractivity (Wildman–Crippen MR) is 125 cm³/mol. The third-order valence-electron chi connectivity index (χ3n) is 6.54. The van der Waals surface area contributed by atoms with Gasteiger partial charge in [-0.25, -0.2) is 4.79 Å². The Labute approximate surface area is 199 Å². The van der Waals surface area contributed by atoms with Crippen LogP contribution in [0.1, 0.15) is 55.5 Å². The maximum absolute atomic E-state index is 13.0. The molecule has 0 spiro atoms. The van der Waals surface area contributed by atoms with Gasteiger partial charge in [-0.3, -0.25) is 19.3 Å². The molecule has 9 nitrogen and oxygen atoms in total. The van der Waals surface area contributed by atoms with Crippen LogP contribution in [-0.4, -0.2) is 78.8 Å². The Morgan fingerprint density at radius 3 is 2.47 bits per heavy atom. The molecule has 0 aromatic heterocycles. The summed E-state index contributed by atoms with van der Waals surface area (Å²) in [7, 11) is 0. The lowest BCUT2D eigenvalue weighted by Gasteiger charge is -2.26. The molecule has 2 aliphatic heterocycles. The first-order chi connectivity index (χ1) is 16.3. The topological polar surface area (TPSA) is 122 Å². The fourth-order valence-corrected chi connectivity index (χ4v) is 4.16. The Kier molecular flexibility index (Phi) is 9.18. The van der Waals surface area contributed by atoms with Crippen molar-refractivity contribution in [2.24, 2.45) is 5.92 Å². The number of phenols is 1. The van der Waals surface area contributed by atoms with Crippen LogP contribution in [0.4, 0.5) is 5.69 Å². The van der Waals surface area contributed by atoms with Crippen LogP contribution in [0.25, 0.3) is 0 Å². The second-order valence-corrected chi connectivity index (χ2v) is 9.07. The number of phenolic OH excluding ortho intramolecular Hbond substituents is 1. The van der Waals surface area contributed by atoms with Crippen molar-refractivity contribution >= 4 is 29.0 Å². The lowest BCUT2D eigenvalue weighted by molar-refractivity contribution is -0.144. The fourth-order valence-electron chi connectivity index (χ4n) is 4.16. The average Bonchev–Trinajstić information content (AvgIpc) is 2.81.